The van der Waals surface area contributed by atoms with Crippen LogP contribution in [-0.4, -0.2) is 52.7 Å². The quantitative estimate of drug-likeness (QED) is 0.912. The molecule has 1 saturated heterocycles. The van der Waals surface area contributed by atoms with E-state index >= 15 is 0 Å². The molecule has 1 unspecified atom stereocenters. The van der Waals surface area contributed by atoms with E-state index in [1.165, 1.54) is 11.8 Å². The second kappa shape index (κ2) is 6.53. The lowest BCUT2D eigenvalue weighted by atomic mass is 10.1. The zero-order chi connectivity index (χ0) is 17.2. The van der Waals surface area contributed by atoms with E-state index in [2.05, 4.69) is 4.98 Å². The highest BCUT2D eigenvalue weighted by Crippen LogP contribution is 2.28. The van der Waals surface area contributed by atoms with Crippen LogP contribution in [0.25, 0.3) is 0 Å². The van der Waals surface area contributed by atoms with Crippen molar-refractivity contribution in [2.75, 3.05) is 19.7 Å². The summed E-state index contributed by atoms with van der Waals surface area (Å²) in [5, 5.41) is 8.76. The van der Waals surface area contributed by atoms with Gasteiger partial charge in [0.1, 0.15) is 5.69 Å². The topological polar surface area (TPSA) is 79.7 Å². The van der Waals surface area contributed by atoms with E-state index in [4.69, 9.17) is 9.84 Å². The maximum atomic E-state index is 12.6. The van der Waals surface area contributed by atoms with Crippen LogP contribution in [0.2, 0.25) is 0 Å². The third kappa shape index (κ3) is 4.19. The average Bonchev–Trinajstić information content (AvgIpc) is 2.45. The fraction of sp³-hybridized carbons (Fsp3) is 0.500. The molecule has 1 aromatic heterocycles. The van der Waals surface area contributed by atoms with Gasteiger partial charge in [0.05, 0.1) is 30.4 Å². The number of aryl methyl sites for hydroxylation is 1. The second-order valence-corrected chi connectivity index (χ2v) is 5.17. The summed E-state index contributed by atoms with van der Waals surface area (Å²) in [6.07, 6.45) is -5.45. The normalized spacial score (nSPS) is 18.8. The molecule has 1 aliphatic rings. The zero-order valence-electron chi connectivity index (χ0n) is 12.3. The minimum atomic E-state index is -4.57. The first-order chi connectivity index (χ1) is 10.7. The third-order valence-corrected chi connectivity index (χ3v) is 3.43. The number of carboxylic acid groups (broad SMARTS) is 1. The van der Waals surface area contributed by atoms with Crippen LogP contribution >= 0.6 is 0 Å². The molecule has 0 spiro atoms. The maximum Gasteiger partial charge on any atom is 0.433 e. The van der Waals surface area contributed by atoms with E-state index in [9.17, 15) is 22.8 Å². The van der Waals surface area contributed by atoms with Gasteiger partial charge in [-0.15, -0.1) is 0 Å². The maximum absolute atomic E-state index is 12.6. The van der Waals surface area contributed by atoms with E-state index in [0.717, 1.165) is 12.1 Å². The van der Waals surface area contributed by atoms with Gasteiger partial charge in [-0.2, -0.15) is 13.2 Å². The first-order valence-corrected chi connectivity index (χ1v) is 6.86. The molecule has 0 bridgehead atoms. The van der Waals surface area contributed by atoms with Crippen molar-refractivity contribution >= 4 is 11.9 Å². The molecule has 0 aromatic carbocycles. The lowest BCUT2D eigenvalue weighted by molar-refractivity contribution is -0.142. The molecule has 1 atom stereocenters. The van der Waals surface area contributed by atoms with Crippen molar-refractivity contribution in [2.45, 2.75) is 25.6 Å². The second-order valence-electron chi connectivity index (χ2n) is 5.17. The number of morpholine rings is 1. The van der Waals surface area contributed by atoms with Crippen molar-refractivity contribution in [3.8, 4) is 0 Å². The van der Waals surface area contributed by atoms with Crippen LogP contribution in [0.1, 0.15) is 28.2 Å². The Morgan fingerprint density at radius 2 is 2.13 bits per heavy atom. The Balaban J connectivity index is 2.15. The fourth-order valence-electron chi connectivity index (χ4n) is 2.34. The molecule has 1 aliphatic heterocycles. The van der Waals surface area contributed by atoms with Crippen LogP contribution < -0.4 is 0 Å². The molecular formula is C14H15F3N2O4. The van der Waals surface area contributed by atoms with Crippen LogP contribution in [0.5, 0.6) is 0 Å². The van der Waals surface area contributed by atoms with Gasteiger partial charge in [0.25, 0.3) is 5.91 Å². The summed E-state index contributed by atoms with van der Waals surface area (Å²) in [6, 6.07) is 1.85. The fourth-order valence-corrected chi connectivity index (χ4v) is 2.34. The van der Waals surface area contributed by atoms with Gasteiger partial charge < -0.3 is 14.7 Å². The minimum absolute atomic E-state index is 0.0221. The van der Waals surface area contributed by atoms with Gasteiger partial charge in [-0.3, -0.25) is 9.59 Å². The third-order valence-electron chi connectivity index (χ3n) is 3.43. The molecule has 23 heavy (non-hydrogen) atoms. The highest BCUT2D eigenvalue weighted by Gasteiger charge is 2.34. The number of pyridine rings is 1. The number of hydrogen-bond acceptors (Lipinski definition) is 4. The van der Waals surface area contributed by atoms with Crippen molar-refractivity contribution in [3.05, 3.63) is 29.1 Å². The summed E-state index contributed by atoms with van der Waals surface area (Å²) >= 11 is 0. The van der Waals surface area contributed by atoms with Gasteiger partial charge in [0.15, 0.2) is 0 Å². The number of rotatable bonds is 3. The number of halogens is 3. The minimum Gasteiger partial charge on any atom is -0.481 e. The van der Waals surface area contributed by atoms with Crippen molar-refractivity contribution in [1.29, 1.82) is 0 Å². The summed E-state index contributed by atoms with van der Waals surface area (Å²) in [5.41, 5.74) is -1.02. The van der Waals surface area contributed by atoms with Crippen LogP contribution in [-0.2, 0) is 15.7 Å². The number of carbonyl (C=O) groups is 2. The van der Waals surface area contributed by atoms with E-state index in [-0.39, 0.29) is 37.4 Å². The van der Waals surface area contributed by atoms with Gasteiger partial charge in [-0.05, 0) is 19.1 Å². The summed E-state index contributed by atoms with van der Waals surface area (Å²) in [6.45, 7) is 1.83. The molecule has 1 fully saturated rings. The lowest BCUT2D eigenvalue weighted by Crippen LogP contribution is -2.46. The summed E-state index contributed by atoms with van der Waals surface area (Å²) < 4.78 is 43.1. The van der Waals surface area contributed by atoms with Crippen molar-refractivity contribution in [1.82, 2.24) is 9.88 Å². The number of amides is 1. The van der Waals surface area contributed by atoms with Crippen molar-refractivity contribution in [2.24, 2.45) is 0 Å². The first-order valence-electron chi connectivity index (χ1n) is 6.86. The van der Waals surface area contributed by atoms with Gasteiger partial charge in [-0.25, -0.2) is 4.98 Å². The molecule has 1 amide bonds. The molecule has 0 saturated carbocycles. The van der Waals surface area contributed by atoms with Gasteiger partial charge >= 0.3 is 12.1 Å². The van der Waals surface area contributed by atoms with Gasteiger partial charge in [0.2, 0.25) is 0 Å². The monoisotopic (exact) mass is 332 g/mol. The molecule has 9 heteroatoms. The SMILES string of the molecule is Cc1nc(C(F)(F)F)ccc1C(=O)N1CCOC(CC(=O)O)C1. The van der Waals surface area contributed by atoms with E-state index < -0.39 is 29.9 Å². The Morgan fingerprint density at radius 3 is 2.70 bits per heavy atom. The Hall–Kier alpha value is -2.16. The number of carbonyl (C=O) groups excluding carboxylic acids is 1. The molecule has 1 aromatic rings. The standard InChI is InChI=1S/C14H15F3N2O4/c1-8-10(2-3-11(18-8)14(15,16)17)13(22)19-4-5-23-9(7-19)6-12(20)21/h2-3,9H,4-7H2,1H3,(H,20,21). The summed E-state index contributed by atoms with van der Waals surface area (Å²) in [4.78, 5) is 27.9. The molecular weight excluding hydrogens is 317 g/mol. The predicted molar refractivity (Wildman–Crippen MR) is 71.9 cm³/mol. The van der Waals surface area contributed by atoms with E-state index in [1.807, 2.05) is 0 Å². The average molecular weight is 332 g/mol. The van der Waals surface area contributed by atoms with Gasteiger partial charge in [0, 0.05) is 13.1 Å². The largest absolute Gasteiger partial charge is 0.481 e. The highest BCUT2D eigenvalue weighted by atomic mass is 19.4. The summed E-state index contributed by atoms with van der Waals surface area (Å²) in [5.74, 6) is -1.53. The van der Waals surface area contributed by atoms with E-state index in [1.54, 1.807) is 0 Å². The van der Waals surface area contributed by atoms with Crippen molar-refractivity contribution in [3.63, 3.8) is 0 Å². The number of hydrogen-bond donors (Lipinski definition) is 1. The number of ether oxygens (including phenoxy) is 1. The Bertz CT molecular complexity index is 619. The predicted octanol–water partition coefficient (Wildman–Crippen LogP) is 1.72. The smallest absolute Gasteiger partial charge is 0.433 e. The highest BCUT2D eigenvalue weighted by molar-refractivity contribution is 5.95. The zero-order valence-corrected chi connectivity index (χ0v) is 12.3. The van der Waals surface area contributed by atoms with Crippen LogP contribution in [0, 0.1) is 6.92 Å². The van der Waals surface area contributed by atoms with Crippen LogP contribution in [0.15, 0.2) is 12.1 Å². The van der Waals surface area contributed by atoms with Crippen molar-refractivity contribution < 1.29 is 32.6 Å². The lowest BCUT2D eigenvalue weighted by Gasteiger charge is -2.32. The molecule has 2 heterocycles. The Morgan fingerprint density at radius 1 is 1.43 bits per heavy atom. The Kier molecular flexibility index (Phi) is 4.88. The first kappa shape index (κ1) is 17.2. The number of carboxylic acids is 1. The van der Waals surface area contributed by atoms with Crippen LogP contribution in [0.3, 0.4) is 0 Å². The van der Waals surface area contributed by atoms with E-state index in [0.29, 0.717) is 0 Å². The number of alkyl halides is 3. The number of aromatic nitrogens is 1. The van der Waals surface area contributed by atoms with Crippen LogP contribution in [0.4, 0.5) is 13.2 Å². The Labute approximate surface area is 129 Å². The molecule has 0 radical (unpaired) electrons. The number of aliphatic carboxylic acids is 1. The molecule has 1 N–H and O–H groups in total. The van der Waals surface area contributed by atoms with Gasteiger partial charge in [-0.1, -0.05) is 0 Å². The number of nitrogens with zero attached hydrogens (tertiary/aromatic N) is 2. The molecule has 2 rings (SSSR count). The molecule has 6 nitrogen and oxygen atoms in total. The molecule has 0 aliphatic carbocycles. The summed E-state index contributed by atoms with van der Waals surface area (Å²) in [7, 11) is 0. The molecule has 126 valence electrons.